The summed E-state index contributed by atoms with van der Waals surface area (Å²) in [6.07, 6.45) is 3.40. The fourth-order valence-corrected chi connectivity index (χ4v) is 3.27. The molecule has 0 unspecified atom stereocenters. The lowest BCUT2D eigenvalue weighted by Gasteiger charge is -2.07. The summed E-state index contributed by atoms with van der Waals surface area (Å²) < 4.78 is 7.02. The van der Waals surface area contributed by atoms with E-state index in [1.165, 1.54) is 6.26 Å². The van der Waals surface area contributed by atoms with Crippen molar-refractivity contribution in [3.05, 3.63) is 60.6 Å². The molecule has 4 aromatic rings. The van der Waals surface area contributed by atoms with Gasteiger partial charge in [0, 0.05) is 24.8 Å². The SMILES string of the molecule is O=C(O)NCCCCNC(=O)c1c(-c2ccc3ccccc3c2)nc2occn12. The number of unbranched alkanes of at least 4 members (excludes halogenated alkanes) is 1. The van der Waals surface area contributed by atoms with E-state index in [9.17, 15) is 9.59 Å². The number of benzene rings is 2. The molecule has 0 spiro atoms. The number of carboxylic acid groups (broad SMARTS) is 1. The summed E-state index contributed by atoms with van der Waals surface area (Å²) in [5.41, 5.74) is 1.80. The van der Waals surface area contributed by atoms with Gasteiger partial charge in [-0.25, -0.2) is 4.79 Å². The van der Waals surface area contributed by atoms with Gasteiger partial charge in [-0.15, -0.1) is 0 Å². The maximum atomic E-state index is 12.9. The molecule has 0 fully saturated rings. The predicted molar refractivity (Wildman–Crippen MR) is 108 cm³/mol. The van der Waals surface area contributed by atoms with Crippen molar-refractivity contribution in [3.63, 3.8) is 0 Å². The quantitative estimate of drug-likeness (QED) is 0.417. The molecule has 3 N–H and O–H groups in total. The van der Waals surface area contributed by atoms with E-state index in [0.29, 0.717) is 43.2 Å². The molecule has 0 saturated heterocycles. The van der Waals surface area contributed by atoms with Crippen LogP contribution in [0, 0.1) is 0 Å². The van der Waals surface area contributed by atoms with Crippen LogP contribution in [0.5, 0.6) is 0 Å². The Morgan fingerprint density at radius 1 is 1.03 bits per heavy atom. The Kier molecular flexibility index (Phi) is 5.15. The molecule has 2 aromatic heterocycles. The first-order valence-electron chi connectivity index (χ1n) is 9.33. The third kappa shape index (κ3) is 3.91. The first-order valence-corrected chi connectivity index (χ1v) is 9.33. The van der Waals surface area contributed by atoms with Gasteiger partial charge in [-0.1, -0.05) is 36.4 Å². The molecule has 8 nitrogen and oxygen atoms in total. The standard InChI is InChI=1S/C21H20N4O4/c26-19(22-9-3-4-10-23-21(27)28)18-17(24-20-25(18)11-12-29-20)16-8-7-14-5-1-2-6-15(14)13-16/h1-2,5-8,11-13,23H,3-4,9-10H2,(H,22,26)(H,27,28). The number of aromatic nitrogens is 2. The van der Waals surface area contributed by atoms with E-state index < -0.39 is 6.09 Å². The van der Waals surface area contributed by atoms with Crippen molar-refractivity contribution in [3.8, 4) is 11.3 Å². The van der Waals surface area contributed by atoms with E-state index in [1.807, 2.05) is 42.5 Å². The number of nitrogens with one attached hydrogen (secondary N) is 2. The van der Waals surface area contributed by atoms with Gasteiger partial charge in [-0.05, 0) is 29.7 Å². The molecule has 2 aromatic carbocycles. The van der Waals surface area contributed by atoms with Crippen molar-refractivity contribution >= 4 is 28.6 Å². The Hall–Kier alpha value is -3.81. The number of nitrogens with zero attached hydrogens (tertiary/aromatic N) is 2. The minimum atomic E-state index is -1.05. The van der Waals surface area contributed by atoms with Gasteiger partial charge >= 0.3 is 11.9 Å². The maximum Gasteiger partial charge on any atom is 0.404 e. The van der Waals surface area contributed by atoms with Gasteiger partial charge in [0.2, 0.25) is 0 Å². The van der Waals surface area contributed by atoms with Crippen LogP contribution in [0.4, 0.5) is 4.79 Å². The summed E-state index contributed by atoms with van der Waals surface area (Å²) in [4.78, 5) is 27.9. The fraction of sp³-hybridized carbons (Fsp3) is 0.190. The Labute approximate surface area is 166 Å². The number of hydrogen-bond donors (Lipinski definition) is 3. The molecule has 0 aliphatic carbocycles. The van der Waals surface area contributed by atoms with Crippen molar-refractivity contribution in [1.29, 1.82) is 0 Å². The zero-order valence-corrected chi connectivity index (χ0v) is 15.6. The normalized spacial score (nSPS) is 11.0. The van der Waals surface area contributed by atoms with Crippen LogP contribution in [0.3, 0.4) is 0 Å². The molecule has 0 saturated carbocycles. The van der Waals surface area contributed by atoms with Gasteiger partial charge in [0.1, 0.15) is 17.7 Å². The summed E-state index contributed by atoms with van der Waals surface area (Å²) in [7, 11) is 0. The van der Waals surface area contributed by atoms with Crippen LogP contribution in [0.25, 0.3) is 27.9 Å². The van der Waals surface area contributed by atoms with Crippen LogP contribution in [0.15, 0.2) is 59.3 Å². The van der Waals surface area contributed by atoms with E-state index in [-0.39, 0.29) is 5.91 Å². The van der Waals surface area contributed by atoms with Crippen LogP contribution < -0.4 is 10.6 Å². The van der Waals surface area contributed by atoms with E-state index in [0.717, 1.165) is 16.3 Å². The zero-order chi connectivity index (χ0) is 20.2. The lowest BCUT2D eigenvalue weighted by atomic mass is 10.0. The molecule has 0 aliphatic heterocycles. The highest BCUT2D eigenvalue weighted by Crippen LogP contribution is 2.28. The number of amides is 2. The maximum absolute atomic E-state index is 12.9. The number of rotatable bonds is 7. The highest BCUT2D eigenvalue weighted by atomic mass is 16.4. The van der Waals surface area contributed by atoms with E-state index in [2.05, 4.69) is 15.6 Å². The largest absolute Gasteiger partial charge is 0.465 e. The summed E-state index contributed by atoms with van der Waals surface area (Å²) in [5.74, 6) is 0.0946. The fourth-order valence-electron chi connectivity index (χ4n) is 3.27. The minimum Gasteiger partial charge on any atom is -0.465 e. The van der Waals surface area contributed by atoms with Gasteiger partial charge in [0.15, 0.2) is 0 Å². The van der Waals surface area contributed by atoms with Crippen LogP contribution in [-0.4, -0.2) is 39.6 Å². The Balaban J connectivity index is 1.56. The Bertz CT molecular complexity index is 1180. The van der Waals surface area contributed by atoms with Gasteiger partial charge in [-0.3, -0.25) is 9.20 Å². The topological polar surface area (TPSA) is 109 Å². The molecule has 0 atom stereocenters. The molecule has 4 rings (SSSR count). The summed E-state index contributed by atoms with van der Waals surface area (Å²) in [6, 6.07) is 14.0. The first kappa shape index (κ1) is 18.5. The second-order valence-electron chi connectivity index (χ2n) is 6.62. The van der Waals surface area contributed by atoms with Crippen molar-refractivity contribution in [2.45, 2.75) is 12.8 Å². The first-order chi connectivity index (χ1) is 14.1. The predicted octanol–water partition coefficient (Wildman–Crippen LogP) is 3.53. The Morgan fingerprint density at radius 3 is 2.59 bits per heavy atom. The Morgan fingerprint density at radius 2 is 1.79 bits per heavy atom. The molecular weight excluding hydrogens is 372 g/mol. The van der Waals surface area contributed by atoms with Crippen molar-refractivity contribution in [2.75, 3.05) is 13.1 Å². The number of imidazole rings is 1. The minimum absolute atomic E-state index is 0.256. The molecule has 148 valence electrons. The number of carbonyl (C=O) groups is 2. The average molecular weight is 392 g/mol. The second kappa shape index (κ2) is 8.05. The molecule has 0 bridgehead atoms. The van der Waals surface area contributed by atoms with Crippen LogP contribution in [0.1, 0.15) is 23.3 Å². The summed E-state index contributed by atoms with van der Waals surface area (Å²) in [5, 5.41) is 15.9. The van der Waals surface area contributed by atoms with Crippen molar-refractivity contribution in [1.82, 2.24) is 20.0 Å². The number of oxazole rings is 1. The van der Waals surface area contributed by atoms with Crippen LogP contribution >= 0.6 is 0 Å². The number of hydrogen-bond acceptors (Lipinski definition) is 4. The lowest BCUT2D eigenvalue weighted by molar-refractivity contribution is 0.0947. The van der Waals surface area contributed by atoms with Gasteiger partial charge in [-0.2, -0.15) is 4.98 Å². The molecule has 0 aliphatic rings. The lowest BCUT2D eigenvalue weighted by Crippen LogP contribution is -2.27. The summed E-state index contributed by atoms with van der Waals surface area (Å²) in [6.45, 7) is 0.786. The molecule has 29 heavy (non-hydrogen) atoms. The molecule has 8 heteroatoms. The van der Waals surface area contributed by atoms with Gasteiger partial charge < -0.3 is 20.2 Å². The van der Waals surface area contributed by atoms with E-state index in [4.69, 9.17) is 9.52 Å². The zero-order valence-electron chi connectivity index (χ0n) is 15.6. The van der Waals surface area contributed by atoms with Crippen LogP contribution in [0.2, 0.25) is 0 Å². The second-order valence-corrected chi connectivity index (χ2v) is 6.62. The van der Waals surface area contributed by atoms with E-state index >= 15 is 0 Å². The van der Waals surface area contributed by atoms with Gasteiger partial charge in [0.25, 0.3) is 5.91 Å². The van der Waals surface area contributed by atoms with E-state index in [1.54, 1.807) is 10.6 Å². The molecular formula is C21H20N4O4. The van der Waals surface area contributed by atoms with Crippen LogP contribution in [-0.2, 0) is 0 Å². The third-order valence-corrected chi connectivity index (χ3v) is 4.67. The summed E-state index contributed by atoms with van der Waals surface area (Å²) >= 11 is 0. The van der Waals surface area contributed by atoms with Gasteiger partial charge in [0.05, 0.1) is 0 Å². The van der Waals surface area contributed by atoms with Crippen molar-refractivity contribution < 1.29 is 19.1 Å². The highest BCUT2D eigenvalue weighted by Gasteiger charge is 2.22. The average Bonchev–Trinajstić information content (AvgIpc) is 3.31. The molecule has 0 radical (unpaired) electrons. The monoisotopic (exact) mass is 392 g/mol. The number of carbonyl (C=O) groups excluding carboxylic acids is 1. The molecule has 2 heterocycles. The smallest absolute Gasteiger partial charge is 0.404 e. The number of fused-ring (bicyclic) bond motifs is 2. The molecule has 2 amide bonds. The highest BCUT2D eigenvalue weighted by molar-refractivity contribution is 6.00. The third-order valence-electron chi connectivity index (χ3n) is 4.67. The van der Waals surface area contributed by atoms with Crippen molar-refractivity contribution in [2.24, 2.45) is 0 Å².